The fraction of sp³-hybridized carbons (Fsp3) is 0. The van der Waals surface area contributed by atoms with Gasteiger partial charge in [0.05, 0.1) is 22.6 Å². The van der Waals surface area contributed by atoms with E-state index in [9.17, 15) is 9.90 Å². The van der Waals surface area contributed by atoms with Crippen LogP contribution in [0.1, 0.15) is 10.4 Å². The van der Waals surface area contributed by atoms with Crippen molar-refractivity contribution in [3.8, 4) is 22.8 Å². The monoisotopic (exact) mass is 320 g/mol. The van der Waals surface area contributed by atoms with Crippen LogP contribution >= 0.6 is 0 Å². The van der Waals surface area contributed by atoms with E-state index in [0.717, 1.165) is 5.39 Å². The highest BCUT2D eigenvalue weighted by molar-refractivity contribution is 5.97. The molecule has 4 rings (SSSR count). The Hall–Kier alpha value is -3.61. The SMILES string of the molecule is Nc1nccc(-c2cc(C(=O)O)c(-c3cc4ccccc4o3)[nH]2)n1. The van der Waals surface area contributed by atoms with Gasteiger partial charge in [-0.1, -0.05) is 18.2 Å². The van der Waals surface area contributed by atoms with Crippen molar-refractivity contribution < 1.29 is 14.3 Å². The molecule has 24 heavy (non-hydrogen) atoms. The molecule has 0 saturated heterocycles. The highest BCUT2D eigenvalue weighted by Crippen LogP contribution is 2.32. The van der Waals surface area contributed by atoms with Crippen LogP contribution in [0.25, 0.3) is 33.8 Å². The minimum atomic E-state index is -1.06. The lowest BCUT2D eigenvalue weighted by molar-refractivity contribution is 0.0697. The van der Waals surface area contributed by atoms with Crippen LogP contribution in [0.15, 0.2) is 53.1 Å². The van der Waals surface area contributed by atoms with E-state index < -0.39 is 5.97 Å². The molecule has 0 fully saturated rings. The summed E-state index contributed by atoms with van der Waals surface area (Å²) in [5.41, 5.74) is 7.79. The smallest absolute Gasteiger partial charge is 0.338 e. The zero-order valence-corrected chi connectivity index (χ0v) is 12.4. The Bertz CT molecular complexity index is 1030. The number of nitrogens with zero attached hydrogens (tertiary/aromatic N) is 2. The highest BCUT2D eigenvalue weighted by atomic mass is 16.4. The molecule has 0 saturated carbocycles. The number of hydrogen-bond acceptors (Lipinski definition) is 5. The summed E-state index contributed by atoms with van der Waals surface area (Å²) in [7, 11) is 0. The van der Waals surface area contributed by atoms with Crippen LogP contribution in [-0.4, -0.2) is 26.0 Å². The number of nitrogen functional groups attached to an aromatic ring is 1. The molecular formula is C17H12N4O3. The molecule has 0 spiro atoms. The van der Waals surface area contributed by atoms with Gasteiger partial charge >= 0.3 is 5.97 Å². The Morgan fingerprint density at radius 1 is 1.21 bits per heavy atom. The first-order valence-corrected chi connectivity index (χ1v) is 7.16. The third-order valence-electron chi connectivity index (χ3n) is 3.67. The van der Waals surface area contributed by atoms with Gasteiger partial charge in [0.15, 0.2) is 5.76 Å². The Morgan fingerprint density at radius 2 is 2.04 bits per heavy atom. The van der Waals surface area contributed by atoms with E-state index in [-0.39, 0.29) is 11.5 Å². The summed E-state index contributed by atoms with van der Waals surface area (Å²) < 4.78 is 5.77. The number of carboxylic acid groups (broad SMARTS) is 1. The van der Waals surface area contributed by atoms with Crippen LogP contribution in [0, 0.1) is 0 Å². The molecule has 118 valence electrons. The molecule has 4 N–H and O–H groups in total. The van der Waals surface area contributed by atoms with Crippen LogP contribution < -0.4 is 5.73 Å². The molecule has 0 unspecified atom stereocenters. The van der Waals surface area contributed by atoms with Crippen molar-refractivity contribution >= 4 is 22.9 Å². The van der Waals surface area contributed by atoms with E-state index in [2.05, 4.69) is 15.0 Å². The summed E-state index contributed by atoms with van der Waals surface area (Å²) in [5.74, 6) is -0.499. The number of carbonyl (C=O) groups is 1. The lowest BCUT2D eigenvalue weighted by Crippen LogP contribution is -1.96. The number of carboxylic acids is 1. The Labute approximate surface area is 135 Å². The molecule has 0 radical (unpaired) electrons. The summed E-state index contributed by atoms with van der Waals surface area (Å²) in [4.78, 5) is 22.6. The van der Waals surface area contributed by atoms with Gasteiger partial charge < -0.3 is 20.2 Å². The molecule has 4 aromatic rings. The minimum Gasteiger partial charge on any atom is -0.478 e. The first-order valence-electron chi connectivity index (χ1n) is 7.16. The Morgan fingerprint density at radius 3 is 2.79 bits per heavy atom. The standard InChI is InChI=1S/C17H12N4O3/c18-17-19-6-5-11(21-17)12-8-10(16(22)23)15(20-12)14-7-9-3-1-2-4-13(9)24-14/h1-8,20H,(H,22,23)(H2,18,19,21). The molecule has 0 amide bonds. The van der Waals surface area contributed by atoms with Crippen molar-refractivity contribution in [1.82, 2.24) is 15.0 Å². The van der Waals surface area contributed by atoms with Crippen molar-refractivity contribution in [2.45, 2.75) is 0 Å². The molecule has 1 aromatic carbocycles. The summed E-state index contributed by atoms with van der Waals surface area (Å²) in [6.07, 6.45) is 1.51. The first-order chi connectivity index (χ1) is 11.6. The number of aromatic nitrogens is 3. The van der Waals surface area contributed by atoms with Crippen molar-refractivity contribution in [1.29, 1.82) is 0 Å². The van der Waals surface area contributed by atoms with E-state index >= 15 is 0 Å². The number of nitrogens with one attached hydrogen (secondary N) is 1. The topological polar surface area (TPSA) is 118 Å². The second-order valence-electron chi connectivity index (χ2n) is 5.23. The third kappa shape index (κ3) is 2.28. The average Bonchev–Trinajstić information content (AvgIpc) is 3.19. The predicted molar refractivity (Wildman–Crippen MR) is 88.4 cm³/mol. The zero-order chi connectivity index (χ0) is 16.7. The fourth-order valence-electron chi connectivity index (χ4n) is 2.58. The van der Waals surface area contributed by atoms with Gasteiger partial charge in [-0.3, -0.25) is 0 Å². The molecule has 3 aromatic heterocycles. The van der Waals surface area contributed by atoms with Crippen molar-refractivity contribution in [2.75, 3.05) is 5.73 Å². The second-order valence-corrected chi connectivity index (χ2v) is 5.23. The van der Waals surface area contributed by atoms with E-state index in [1.165, 1.54) is 12.3 Å². The summed E-state index contributed by atoms with van der Waals surface area (Å²) in [6.45, 7) is 0. The number of aromatic carboxylic acids is 1. The maximum Gasteiger partial charge on any atom is 0.338 e. The quantitative estimate of drug-likeness (QED) is 0.533. The summed E-state index contributed by atoms with van der Waals surface area (Å²) >= 11 is 0. The number of para-hydroxylation sites is 1. The Balaban J connectivity index is 1.89. The van der Waals surface area contributed by atoms with E-state index in [0.29, 0.717) is 28.4 Å². The average molecular weight is 320 g/mol. The molecule has 0 atom stereocenters. The molecule has 0 aliphatic heterocycles. The van der Waals surface area contributed by atoms with Gasteiger partial charge in [-0.25, -0.2) is 14.8 Å². The number of aromatic amines is 1. The van der Waals surface area contributed by atoms with Crippen LogP contribution in [-0.2, 0) is 0 Å². The molecular weight excluding hydrogens is 308 g/mol. The molecule has 7 heteroatoms. The normalized spacial score (nSPS) is 11.0. The van der Waals surface area contributed by atoms with Crippen LogP contribution in [0.3, 0.4) is 0 Å². The minimum absolute atomic E-state index is 0.0984. The number of anilines is 1. The number of nitrogens with two attached hydrogens (primary N) is 1. The molecule has 0 aliphatic carbocycles. The highest BCUT2D eigenvalue weighted by Gasteiger charge is 2.20. The lowest BCUT2D eigenvalue weighted by atomic mass is 10.2. The lowest BCUT2D eigenvalue weighted by Gasteiger charge is -1.98. The number of benzene rings is 1. The van der Waals surface area contributed by atoms with Gasteiger partial charge in [-0.15, -0.1) is 0 Å². The van der Waals surface area contributed by atoms with Crippen LogP contribution in [0.4, 0.5) is 5.95 Å². The van der Waals surface area contributed by atoms with Gasteiger partial charge in [0, 0.05) is 11.6 Å². The predicted octanol–water partition coefficient (Wildman–Crippen LogP) is 3.17. The fourth-order valence-corrected chi connectivity index (χ4v) is 2.58. The van der Waals surface area contributed by atoms with Crippen molar-refractivity contribution in [3.05, 3.63) is 54.2 Å². The van der Waals surface area contributed by atoms with Crippen molar-refractivity contribution in [3.63, 3.8) is 0 Å². The second kappa shape index (κ2) is 5.24. The summed E-state index contributed by atoms with van der Waals surface area (Å²) in [5, 5.41) is 10.4. The zero-order valence-electron chi connectivity index (χ0n) is 12.4. The van der Waals surface area contributed by atoms with Gasteiger partial charge in [0.1, 0.15) is 5.58 Å². The van der Waals surface area contributed by atoms with E-state index in [4.69, 9.17) is 10.2 Å². The maximum atomic E-state index is 11.6. The first kappa shape index (κ1) is 14.0. The summed E-state index contributed by atoms with van der Waals surface area (Å²) in [6, 6.07) is 12.4. The number of furan rings is 1. The van der Waals surface area contributed by atoms with E-state index in [1.807, 2.05) is 24.3 Å². The molecule has 3 heterocycles. The molecule has 0 bridgehead atoms. The third-order valence-corrected chi connectivity index (χ3v) is 3.67. The van der Waals surface area contributed by atoms with Crippen LogP contribution in [0.2, 0.25) is 0 Å². The molecule has 7 nitrogen and oxygen atoms in total. The molecule has 0 aliphatic rings. The largest absolute Gasteiger partial charge is 0.478 e. The number of H-pyrrole nitrogens is 1. The van der Waals surface area contributed by atoms with Gasteiger partial charge in [-0.05, 0) is 24.3 Å². The van der Waals surface area contributed by atoms with E-state index in [1.54, 1.807) is 12.1 Å². The maximum absolute atomic E-state index is 11.6. The van der Waals surface area contributed by atoms with Crippen molar-refractivity contribution in [2.24, 2.45) is 0 Å². The Kier molecular flexibility index (Phi) is 3.06. The van der Waals surface area contributed by atoms with Gasteiger partial charge in [0.25, 0.3) is 0 Å². The number of fused-ring (bicyclic) bond motifs is 1. The van der Waals surface area contributed by atoms with Gasteiger partial charge in [-0.2, -0.15) is 0 Å². The number of rotatable bonds is 3. The van der Waals surface area contributed by atoms with Gasteiger partial charge in [0.2, 0.25) is 5.95 Å². The van der Waals surface area contributed by atoms with Crippen LogP contribution in [0.5, 0.6) is 0 Å². The number of hydrogen-bond donors (Lipinski definition) is 3.